The van der Waals surface area contributed by atoms with Gasteiger partial charge in [0.1, 0.15) is 5.75 Å². The fraction of sp³-hybridized carbons (Fsp3) is 0.755. The van der Waals surface area contributed by atoms with E-state index in [1.165, 1.54) is 96.3 Å². The molecule has 0 aromatic heterocycles. The topological polar surface area (TPSA) is 113 Å². The first-order valence-corrected chi connectivity index (χ1v) is 23.6. The third-order valence-electron chi connectivity index (χ3n) is 12.9. The summed E-state index contributed by atoms with van der Waals surface area (Å²) < 4.78 is 11.6. The predicted octanol–water partition coefficient (Wildman–Crippen LogP) is 12.7. The van der Waals surface area contributed by atoms with Gasteiger partial charge in [-0.05, 0) is 81.3 Å². The fourth-order valence-electron chi connectivity index (χ4n) is 8.90. The van der Waals surface area contributed by atoms with Crippen molar-refractivity contribution in [2.75, 3.05) is 13.2 Å². The summed E-state index contributed by atoms with van der Waals surface area (Å²) in [6.45, 7) is 5.07. The van der Waals surface area contributed by atoms with Gasteiger partial charge >= 0.3 is 11.9 Å². The summed E-state index contributed by atoms with van der Waals surface area (Å²) in [7, 11) is 0. The van der Waals surface area contributed by atoms with Gasteiger partial charge in [0.05, 0.1) is 31.0 Å². The van der Waals surface area contributed by atoms with E-state index >= 15 is 0 Å². The second kappa shape index (κ2) is 29.0. The van der Waals surface area contributed by atoms with Gasteiger partial charge < -0.3 is 24.8 Å². The molecule has 8 heteroatoms. The number of hydrogen-bond donors (Lipinski definition) is 3. The monoisotopic (exact) mass is 815 g/mol. The van der Waals surface area contributed by atoms with Crippen LogP contribution in [0.15, 0.2) is 42.5 Å². The van der Waals surface area contributed by atoms with E-state index < -0.39 is 12.1 Å². The molecule has 0 unspecified atom stereocenters. The number of halogens is 1. The average molecular weight is 816 g/mol. The zero-order chi connectivity index (χ0) is 41.1. The third-order valence-corrected chi connectivity index (χ3v) is 13.4. The molecule has 57 heavy (non-hydrogen) atoms. The number of unbranched alkanes of at least 4 members (excludes halogenated alkanes) is 16. The van der Waals surface area contributed by atoms with E-state index in [-0.39, 0.29) is 59.7 Å². The van der Waals surface area contributed by atoms with Crippen molar-refractivity contribution in [1.82, 2.24) is 0 Å². The minimum absolute atomic E-state index is 0.0331. The van der Waals surface area contributed by atoms with Gasteiger partial charge in [-0.3, -0.25) is 4.79 Å². The first-order chi connectivity index (χ1) is 27.7. The molecule has 0 radical (unpaired) electrons. The summed E-state index contributed by atoms with van der Waals surface area (Å²) >= 11 is 6.65. The highest BCUT2D eigenvalue weighted by atomic mass is 35.5. The van der Waals surface area contributed by atoms with Crippen molar-refractivity contribution in [3.63, 3.8) is 0 Å². The molecular formula is C49H79ClO7. The highest BCUT2D eigenvalue weighted by Crippen LogP contribution is 2.48. The molecule has 2 aliphatic carbocycles. The number of carbonyl (C=O) groups excluding carboxylic acids is 1. The van der Waals surface area contributed by atoms with Crippen molar-refractivity contribution < 1.29 is 34.4 Å². The maximum atomic E-state index is 12.5. The van der Waals surface area contributed by atoms with Gasteiger partial charge in [-0.25, -0.2) is 4.79 Å². The lowest BCUT2D eigenvalue weighted by Crippen LogP contribution is -2.40. The number of carbonyl (C=O) groups is 2. The lowest BCUT2D eigenvalue weighted by molar-refractivity contribution is -0.143. The van der Waals surface area contributed by atoms with Crippen LogP contribution in [0.25, 0.3) is 0 Å². The standard InChI is InChI=1S/C49H79ClO7/c1-3-5-6-7-8-9-10-11-12-13-14-15-16-17-20-23-36-56-45-30-24-29-42(48(54)55)41(45)33-37-57-47(53)32-22-19-18-21-27-39-40(44(51)38-43(39)50)28-25-31-46(52)49(4-2)34-26-35-49/h18,21,24-25,28-30,39-40,43-44,46,51-52H,3-17,19-20,22-23,26-27,31-38H2,1-2H3,(H,54,55)/t39-,40-,43-,44-,46+/m1/s1. The van der Waals surface area contributed by atoms with E-state index in [0.29, 0.717) is 37.2 Å². The Balaban J connectivity index is 1.27. The summed E-state index contributed by atoms with van der Waals surface area (Å²) in [5.41, 5.74) is 0.819. The van der Waals surface area contributed by atoms with E-state index in [0.717, 1.165) is 44.9 Å². The maximum Gasteiger partial charge on any atom is 0.336 e. The summed E-state index contributed by atoms with van der Waals surface area (Å²) in [5.74, 6) is -0.671. The number of aliphatic hydroxyl groups is 2. The molecule has 5 atom stereocenters. The molecule has 2 aliphatic rings. The van der Waals surface area contributed by atoms with E-state index in [4.69, 9.17) is 21.1 Å². The summed E-state index contributed by atoms with van der Waals surface area (Å²) in [5, 5.41) is 31.2. The molecule has 3 rings (SSSR count). The molecule has 1 aromatic carbocycles. The predicted molar refractivity (Wildman–Crippen MR) is 234 cm³/mol. The van der Waals surface area contributed by atoms with Crippen molar-refractivity contribution >= 4 is 23.5 Å². The zero-order valence-corrected chi connectivity index (χ0v) is 36.5. The SMILES string of the molecule is CCCCCCCCCCCCCCCCCCOc1cccc(C(=O)O)c1CCOC(=O)CCCC=CC[C@@H]1[C@@H](C=CC[C@H](O)C2(CC)CCC2)[C@H](O)C[C@H]1Cl. The molecule has 1 aromatic rings. The van der Waals surface area contributed by atoms with Crippen LogP contribution in [0.4, 0.5) is 0 Å². The van der Waals surface area contributed by atoms with Gasteiger partial charge in [0, 0.05) is 29.7 Å². The average Bonchev–Trinajstić information content (AvgIpc) is 3.44. The second-order valence-electron chi connectivity index (χ2n) is 17.1. The van der Waals surface area contributed by atoms with Crippen molar-refractivity contribution in [2.45, 2.75) is 205 Å². The molecule has 0 bridgehead atoms. The van der Waals surface area contributed by atoms with Crippen LogP contribution in [0.2, 0.25) is 0 Å². The van der Waals surface area contributed by atoms with Crippen molar-refractivity contribution in [3.05, 3.63) is 53.6 Å². The Bertz CT molecular complexity index is 1300. The molecule has 7 nitrogen and oxygen atoms in total. The Labute approximate surface area is 351 Å². The maximum absolute atomic E-state index is 12.5. The highest BCUT2D eigenvalue weighted by molar-refractivity contribution is 6.21. The molecule has 0 amide bonds. The number of aromatic carboxylic acids is 1. The minimum Gasteiger partial charge on any atom is -0.493 e. The number of benzene rings is 1. The van der Waals surface area contributed by atoms with Gasteiger partial charge in [-0.2, -0.15) is 0 Å². The molecule has 2 saturated carbocycles. The van der Waals surface area contributed by atoms with Gasteiger partial charge in [0.2, 0.25) is 0 Å². The summed E-state index contributed by atoms with van der Waals surface area (Å²) in [6.07, 6.45) is 36.6. The van der Waals surface area contributed by atoms with E-state index in [1.807, 2.05) is 12.1 Å². The molecule has 0 spiro atoms. The Kier molecular flexibility index (Phi) is 24.9. The molecule has 0 aliphatic heterocycles. The van der Waals surface area contributed by atoms with Gasteiger partial charge in [-0.15, -0.1) is 11.6 Å². The summed E-state index contributed by atoms with van der Waals surface area (Å²) in [6, 6.07) is 5.09. The number of hydrogen-bond acceptors (Lipinski definition) is 6. The number of ether oxygens (including phenoxy) is 2. The number of aliphatic hydroxyl groups excluding tert-OH is 2. The quantitative estimate of drug-likeness (QED) is 0.0280. The lowest BCUT2D eigenvalue weighted by Gasteiger charge is -2.45. The normalized spacial score (nSPS) is 20.9. The van der Waals surface area contributed by atoms with Crippen molar-refractivity contribution in [2.24, 2.45) is 17.3 Å². The Morgan fingerprint density at radius 3 is 2.07 bits per heavy atom. The van der Waals surface area contributed by atoms with E-state index in [2.05, 4.69) is 32.1 Å². The first kappa shape index (κ1) is 49.0. The van der Waals surface area contributed by atoms with Crippen molar-refractivity contribution in [1.29, 1.82) is 0 Å². The third kappa shape index (κ3) is 18.2. The number of alkyl halides is 1. The number of esters is 1. The van der Waals surface area contributed by atoms with Crippen LogP contribution in [0.3, 0.4) is 0 Å². The second-order valence-corrected chi connectivity index (χ2v) is 17.7. The van der Waals surface area contributed by atoms with Gasteiger partial charge in [0.15, 0.2) is 0 Å². The van der Waals surface area contributed by atoms with Crippen LogP contribution in [-0.4, -0.2) is 58.1 Å². The van der Waals surface area contributed by atoms with Gasteiger partial charge in [-0.1, -0.05) is 147 Å². The van der Waals surface area contributed by atoms with Crippen molar-refractivity contribution in [3.8, 4) is 5.75 Å². The molecule has 0 heterocycles. The molecule has 324 valence electrons. The van der Waals surface area contributed by atoms with Crippen LogP contribution in [-0.2, 0) is 16.0 Å². The Morgan fingerprint density at radius 2 is 1.49 bits per heavy atom. The zero-order valence-electron chi connectivity index (χ0n) is 35.8. The van der Waals surface area contributed by atoms with Gasteiger partial charge in [0.25, 0.3) is 0 Å². The van der Waals surface area contributed by atoms with E-state index in [9.17, 15) is 24.9 Å². The Hall–Kier alpha value is -2.35. The summed E-state index contributed by atoms with van der Waals surface area (Å²) in [4.78, 5) is 24.5. The highest BCUT2D eigenvalue weighted by Gasteiger charge is 2.42. The Morgan fingerprint density at radius 1 is 0.860 bits per heavy atom. The van der Waals surface area contributed by atoms with Crippen LogP contribution in [0.1, 0.15) is 197 Å². The molecule has 0 saturated heterocycles. The minimum atomic E-state index is -1.02. The molecule has 3 N–H and O–H groups in total. The first-order valence-electron chi connectivity index (χ1n) is 23.2. The largest absolute Gasteiger partial charge is 0.493 e. The van der Waals surface area contributed by atoms with Crippen LogP contribution in [0.5, 0.6) is 5.75 Å². The number of carboxylic acid groups (broad SMARTS) is 1. The number of allylic oxidation sites excluding steroid dienone is 2. The smallest absolute Gasteiger partial charge is 0.336 e. The molecule has 2 fully saturated rings. The number of carboxylic acids is 1. The van der Waals surface area contributed by atoms with Crippen LogP contribution < -0.4 is 4.74 Å². The fourth-order valence-corrected chi connectivity index (χ4v) is 9.35. The van der Waals surface area contributed by atoms with Crippen LogP contribution in [0, 0.1) is 17.3 Å². The van der Waals surface area contributed by atoms with Crippen LogP contribution >= 0.6 is 11.6 Å². The molecular weight excluding hydrogens is 736 g/mol. The number of rotatable bonds is 33. The lowest BCUT2D eigenvalue weighted by atomic mass is 9.63. The van der Waals surface area contributed by atoms with E-state index in [1.54, 1.807) is 12.1 Å².